The van der Waals surface area contributed by atoms with Gasteiger partial charge < -0.3 is 37.9 Å². The van der Waals surface area contributed by atoms with Gasteiger partial charge in [-0.3, -0.25) is 0 Å². The van der Waals surface area contributed by atoms with E-state index in [2.05, 4.69) is 0 Å². The highest BCUT2D eigenvalue weighted by Gasteiger charge is 2.05. The highest BCUT2D eigenvalue weighted by molar-refractivity contribution is 5.66. The minimum Gasteiger partial charge on any atom is -0.491 e. The van der Waals surface area contributed by atoms with Crippen molar-refractivity contribution in [1.29, 1.82) is 0 Å². The Kier molecular flexibility index (Phi) is 13.7. The Bertz CT molecular complexity index is 995. The first-order valence-corrected chi connectivity index (χ1v) is 13.8. The van der Waals surface area contributed by atoms with Gasteiger partial charge in [-0.05, 0) is 60.7 Å². The third kappa shape index (κ3) is 11.2. The van der Waals surface area contributed by atoms with Crippen LogP contribution in [0.1, 0.15) is 0 Å². The van der Waals surface area contributed by atoms with Crippen molar-refractivity contribution in [2.45, 2.75) is 0 Å². The minimum absolute atomic E-state index is 0.466. The molecule has 2 aromatic carbocycles. The molecule has 0 radical (unpaired) electrons. The molecule has 40 heavy (non-hydrogen) atoms. The summed E-state index contributed by atoms with van der Waals surface area (Å²) >= 11 is 0. The first kappa shape index (κ1) is 29.9. The normalized spacial score (nSPS) is 17.9. The molecular formula is C31H39NO8. The van der Waals surface area contributed by atoms with Gasteiger partial charge in [-0.1, -0.05) is 6.07 Å². The van der Waals surface area contributed by atoms with Gasteiger partial charge >= 0.3 is 0 Å². The maximum absolute atomic E-state index is 5.80. The molecule has 9 nitrogen and oxygen atoms in total. The van der Waals surface area contributed by atoms with E-state index in [9.17, 15) is 0 Å². The zero-order valence-corrected chi connectivity index (χ0v) is 23.0. The summed E-state index contributed by atoms with van der Waals surface area (Å²) in [6.07, 6.45) is 0. The van der Waals surface area contributed by atoms with Crippen molar-refractivity contribution in [3.63, 3.8) is 0 Å². The van der Waals surface area contributed by atoms with E-state index >= 15 is 0 Å². The molecule has 6 bridgehead atoms. The van der Waals surface area contributed by atoms with Gasteiger partial charge in [0, 0.05) is 11.1 Å². The standard InChI is InChI=1S/C31H39NO8/c1-2-30-26-4-8-28(9-5-26)39-24-22-37-20-18-35-16-14-33-12-13-34-15-17-36-19-21-38-23-25-40-29-10-6-27(7-11-29)31(3-1)32-30/h1-11H,12-25H2. The van der Waals surface area contributed by atoms with Crippen molar-refractivity contribution in [3.8, 4) is 34.0 Å². The fraction of sp³-hybridized carbons (Fsp3) is 0.452. The van der Waals surface area contributed by atoms with Crippen LogP contribution in [0.2, 0.25) is 0 Å². The molecule has 0 unspecified atom stereocenters. The summed E-state index contributed by atoms with van der Waals surface area (Å²) < 4.78 is 44.8. The first-order chi connectivity index (χ1) is 19.9. The fourth-order valence-electron chi connectivity index (χ4n) is 3.84. The lowest BCUT2D eigenvalue weighted by atomic mass is 10.1. The molecule has 0 amide bonds. The third-order valence-corrected chi connectivity index (χ3v) is 5.90. The first-order valence-electron chi connectivity index (χ1n) is 13.8. The molecule has 3 aliphatic heterocycles. The molecule has 0 saturated heterocycles. The van der Waals surface area contributed by atoms with Crippen molar-refractivity contribution in [2.75, 3.05) is 92.5 Å². The molecule has 3 aliphatic rings. The Hall–Kier alpha value is -3.05. The minimum atomic E-state index is 0.466. The molecule has 9 heteroatoms. The van der Waals surface area contributed by atoms with E-state index in [4.69, 9.17) is 42.9 Å². The van der Waals surface area contributed by atoms with Crippen LogP contribution in [0.4, 0.5) is 0 Å². The third-order valence-electron chi connectivity index (χ3n) is 5.90. The smallest absolute Gasteiger partial charge is 0.119 e. The van der Waals surface area contributed by atoms with Crippen molar-refractivity contribution in [1.82, 2.24) is 4.98 Å². The zero-order chi connectivity index (χ0) is 27.5. The largest absolute Gasteiger partial charge is 0.491 e. The summed E-state index contributed by atoms with van der Waals surface area (Å²) in [5, 5.41) is 0. The van der Waals surface area contributed by atoms with Gasteiger partial charge in [-0.25, -0.2) is 4.98 Å². The maximum atomic E-state index is 5.80. The van der Waals surface area contributed by atoms with E-state index in [1.54, 1.807) is 0 Å². The van der Waals surface area contributed by atoms with E-state index in [0.29, 0.717) is 92.5 Å². The SMILES string of the molecule is c1cc2nc(c1)-c1ccc(cc1)OCCOCCOCCOCCOCCOCCOCCOc1ccc-2cc1. The Morgan fingerprint density at radius 3 is 0.975 bits per heavy atom. The predicted octanol–water partition coefficient (Wildman–Crippen LogP) is 4.29. The molecule has 1 aromatic heterocycles. The average Bonchev–Trinajstić information content (AvgIpc) is 3.00. The van der Waals surface area contributed by atoms with E-state index in [0.717, 1.165) is 34.0 Å². The summed E-state index contributed by atoms with van der Waals surface area (Å²) in [5.74, 6) is 1.58. The van der Waals surface area contributed by atoms with Gasteiger partial charge in [0.25, 0.3) is 0 Å². The van der Waals surface area contributed by atoms with E-state index in [-0.39, 0.29) is 0 Å². The Balaban J connectivity index is 1.28. The molecule has 0 atom stereocenters. The second kappa shape index (κ2) is 18.3. The van der Waals surface area contributed by atoms with Crippen LogP contribution in [-0.2, 0) is 28.4 Å². The number of ether oxygens (including phenoxy) is 8. The zero-order valence-electron chi connectivity index (χ0n) is 23.0. The summed E-state index contributed by atoms with van der Waals surface area (Å²) in [4.78, 5) is 4.86. The summed E-state index contributed by atoms with van der Waals surface area (Å²) in [6.45, 7) is 7.07. The average molecular weight is 554 g/mol. The quantitative estimate of drug-likeness (QED) is 0.405. The lowest BCUT2D eigenvalue weighted by Crippen LogP contribution is -2.15. The van der Waals surface area contributed by atoms with Crippen LogP contribution in [-0.4, -0.2) is 97.5 Å². The van der Waals surface area contributed by atoms with Crippen LogP contribution in [0, 0.1) is 0 Å². The van der Waals surface area contributed by atoms with Gasteiger partial charge in [0.15, 0.2) is 0 Å². The molecule has 0 spiro atoms. The number of pyridine rings is 1. The number of hydrogen-bond acceptors (Lipinski definition) is 9. The van der Waals surface area contributed by atoms with Crippen molar-refractivity contribution < 1.29 is 37.9 Å². The summed E-state index contributed by atoms with van der Waals surface area (Å²) in [6, 6.07) is 21.9. The van der Waals surface area contributed by atoms with Gasteiger partial charge in [0.05, 0.1) is 90.7 Å². The van der Waals surface area contributed by atoms with Gasteiger partial charge in [0.2, 0.25) is 0 Å². The molecule has 4 heterocycles. The molecule has 0 N–H and O–H groups in total. The van der Waals surface area contributed by atoms with Crippen molar-refractivity contribution in [2.24, 2.45) is 0 Å². The molecule has 6 rings (SSSR count). The molecular weight excluding hydrogens is 514 g/mol. The number of nitrogens with zero attached hydrogens (tertiary/aromatic N) is 1. The number of fused-ring (bicyclic) bond motifs is 2. The lowest BCUT2D eigenvalue weighted by molar-refractivity contribution is -0.0187. The van der Waals surface area contributed by atoms with Crippen LogP contribution >= 0.6 is 0 Å². The number of benzene rings is 2. The molecule has 0 saturated carbocycles. The molecule has 3 aromatic rings. The van der Waals surface area contributed by atoms with Crippen LogP contribution in [0.25, 0.3) is 22.5 Å². The lowest BCUT2D eigenvalue weighted by Gasteiger charge is -2.10. The maximum Gasteiger partial charge on any atom is 0.119 e. The highest BCUT2D eigenvalue weighted by atomic mass is 16.6. The van der Waals surface area contributed by atoms with E-state index < -0.39 is 0 Å². The van der Waals surface area contributed by atoms with E-state index in [1.165, 1.54) is 0 Å². The summed E-state index contributed by atoms with van der Waals surface area (Å²) in [5.41, 5.74) is 3.83. The van der Waals surface area contributed by atoms with Crippen LogP contribution in [0.15, 0.2) is 66.7 Å². The summed E-state index contributed by atoms with van der Waals surface area (Å²) in [7, 11) is 0. The number of aromatic nitrogens is 1. The topological polar surface area (TPSA) is 86.7 Å². The predicted molar refractivity (Wildman–Crippen MR) is 151 cm³/mol. The fourth-order valence-corrected chi connectivity index (χ4v) is 3.84. The Morgan fingerprint density at radius 1 is 0.350 bits per heavy atom. The van der Waals surface area contributed by atoms with E-state index in [1.807, 2.05) is 66.7 Å². The second-order valence-electron chi connectivity index (χ2n) is 8.83. The monoisotopic (exact) mass is 553 g/mol. The Morgan fingerprint density at radius 2 is 0.650 bits per heavy atom. The Labute approximate surface area is 236 Å². The van der Waals surface area contributed by atoms with Crippen LogP contribution in [0.5, 0.6) is 11.5 Å². The number of rotatable bonds is 0. The van der Waals surface area contributed by atoms with Crippen molar-refractivity contribution in [3.05, 3.63) is 66.7 Å². The van der Waals surface area contributed by atoms with Gasteiger partial charge in [-0.15, -0.1) is 0 Å². The highest BCUT2D eigenvalue weighted by Crippen LogP contribution is 2.25. The second-order valence-corrected chi connectivity index (χ2v) is 8.83. The number of hydrogen-bond donors (Lipinski definition) is 0. The van der Waals surface area contributed by atoms with Gasteiger partial charge in [-0.2, -0.15) is 0 Å². The van der Waals surface area contributed by atoms with Crippen LogP contribution in [0.3, 0.4) is 0 Å². The molecule has 0 aliphatic carbocycles. The molecule has 0 fully saturated rings. The molecule has 216 valence electrons. The van der Waals surface area contributed by atoms with Crippen LogP contribution < -0.4 is 9.47 Å². The van der Waals surface area contributed by atoms with Crippen molar-refractivity contribution >= 4 is 0 Å². The van der Waals surface area contributed by atoms with Gasteiger partial charge in [0.1, 0.15) is 24.7 Å².